The zero-order chi connectivity index (χ0) is 23.9. The maximum absolute atomic E-state index is 13.9. The summed E-state index contributed by atoms with van der Waals surface area (Å²) in [7, 11) is 1.62. The van der Waals surface area contributed by atoms with Gasteiger partial charge in [-0.3, -0.25) is 4.79 Å². The van der Waals surface area contributed by atoms with Crippen molar-refractivity contribution in [1.29, 1.82) is 0 Å². The molecular formula is C26H22F2N2O3S. The minimum atomic E-state index is -0.540. The Morgan fingerprint density at radius 3 is 2.65 bits per heavy atom. The highest BCUT2D eigenvalue weighted by Gasteiger charge is 2.15. The molecule has 34 heavy (non-hydrogen) atoms. The van der Waals surface area contributed by atoms with E-state index in [9.17, 15) is 13.6 Å². The molecule has 1 amide bonds. The standard InChI is InChI=1S/C26H22F2N2O3S/c1-32-20-9-6-17(7-10-20)12-13-29-25(31)23-16-34-26(30-23)21-4-2-3-5-24(21)33-15-18-14-19(27)8-11-22(18)28/h2-11,14,16H,12-13,15H2,1H3,(H,29,31). The number of halogens is 2. The van der Waals surface area contributed by atoms with Crippen LogP contribution in [0.5, 0.6) is 11.5 Å². The number of ether oxygens (including phenoxy) is 2. The molecule has 0 radical (unpaired) electrons. The van der Waals surface area contributed by atoms with Crippen LogP contribution in [-0.2, 0) is 13.0 Å². The molecular weight excluding hydrogens is 458 g/mol. The van der Waals surface area contributed by atoms with Gasteiger partial charge in [0.15, 0.2) is 0 Å². The van der Waals surface area contributed by atoms with E-state index in [4.69, 9.17) is 9.47 Å². The van der Waals surface area contributed by atoms with Crippen LogP contribution in [-0.4, -0.2) is 24.5 Å². The highest BCUT2D eigenvalue weighted by molar-refractivity contribution is 7.13. The van der Waals surface area contributed by atoms with Crippen molar-refractivity contribution in [3.8, 4) is 22.1 Å². The minimum Gasteiger partial charge on any atom is -0.497 e. The number of hydrogen-bond donors (Lipinski definition) is 1. The zero-order valence-electron chi connectivity index (χ0n) is 18.4. The van der Waals surface area contributed by atoms with Gasteiger partial charge in [-0.2, -0.15) is 0 Å². The van der Waals surface area contributed by atoms with E-state index in [0.717, 1.165) is 29.5 Å². The predicted molar refractivity (Wildman–Crippen MR) is 127 cm³/mol. The second-order valence-electron chi connectivity index (χ2n) is 7.41. The van der Waals surface area contributed by atoms with Crippen LogP contribution in [0.3, 0.4) is 0 Å². The summed E-state index contributed by atoms with van der Waals surface area (Å²) >= 11 is 1.31. The molecule has 0 bridgehead atoms. The molecule has 0 saturated carbocycles. The first-order valence-electron chi connectivity index (χ1n) is 10.6. The minimum absolute atomic E-state index is 0.117. The van der Waals surface area contributed by atoms with Crippen LogP contribution < -0.4 is 14.8 Å². The van der Waals surface area contributed by atoms with E-state index >= 15 is 0 Å². The first-order chi connectivity index (χ1) is 16.5. The van der Waals surface area contributed by atoms with Gasteiger partial charge in [0.25, 0.3) is 5.91 Å². The Labute approximate surface area is 200 Å². The first-order valence-corrected chi connectivity index (χ1v) is 11.4. The molecule has 4 rings (SSSR count). The molecule has 0 spiro atoms. The summed E-state index contributed by atoms with van der Waals surface area (Å²) < 4.78 is 38.3. The maximum atomic E-state index is 13.9. The number of benzene rings is 3. The Balaban J connectivity index is 1.39. The summed E-state index contributed by atoms with van der Waals surface area (Å²) in [6.45, 7) is 0.335. The summed E-state index contributed by atoms with van der Waals surface area (Å²) in [5.41, 5.74) is 2.18. The van der Waals surface area contributed by atoms with Crippen molar-refractivity contribution in [3.63, 3.8) is 0 Å². The number of hydrogen-bond acceptors (Lipinski definition) is 5. The van der Waals surface area contributed by atoms with Gasteiger partial charge < -0.3 is 14.8 Å². The Bertz CT molecular complexity index is 1280. The molecule has 174 valence electrons. The number of methoxy groups -OCH3 is 1. The number of carbonyl (C=O) groups excluding carboxylic acids is 1. The molecule has 8 heteroatoms. The van der Waals surface area contributed by atoms with E-state index in [1.807, 2.05) is 36.4 Å². The quantitative estimate of drug-likeness (QED) is 0.336. The lowest BCUT2D eigenvalue weighted by Gasteiger charge is -2.10. The van der Waals surface area contributed by atoms with Crippen molar-refractivity contribution >= 4 is 17.2 Å². The van der Waals surface area contributed by atoms with Gasteiger partial charge in [-0.25, -0.2) is 13.8 Å². The number of nitrogens with one attached hydrogen (secondary N) is 1. The molecule has 0 fully saturated rings. The third kappa shape index (κ3) is 5.77. The van der Waals surface area contributed by atoms with Crippen molar-refractivity contribution in [2.45, 2.75) is 13.0 Å². The number of carbonyl (C=O) groups is 1. The van der Waals surface area contributed by atoms with Crippen LogP contribution in [0, 0.1) is 11.6 Å². The van der Waals surface area contributed by atoms with Crippen LogP contribution >= 0.6 is 11.3 Å². The molecule has 0 aliphatic carbocycles. The van der Waals surface area contributed by atoms with E-state index in [0.29, 0.717) is 35.0 Å². The Morgan fingerprint density at radius 2 is 1.85 bits per heavy atom. The Morgan fingerprint density at radius 1 is 1.06 bits per heavy atom. The summed E-state index contributed by atoms with van der Waals surface area (Å²) in [5, 5.41) is 5.15. The highest BCUT2D eigenvalue weighted by Crippen LogP contribution is 2.33. The van der Waals surface area contributed by atoms with Crippen LogP contribution in [0.15, 0.2) is 72.1 Å². The Kier molecular flexibility index (Phi) is 7.49. The van der Waals surface area contributed by atoms with E-state index in [1.54, 1.807) is 24.6 Å². The zero-order valence-corrected chi connectivity index (χ0v) is 19.2. The molecule has 4 aromatic rings. The lowest BCUT2D eigenvalue weighted by Crippen LogP contribution is -2.25. The van der Waals surface area contributed by atoms with Gasteiger partial charge in [0.1, 0.15) is 40.4 Å². The van der Waals surface area contributed by atoms with Crippen molar-refractivity contribution < 1.29 is 23.0 Å². The fraction of sp³-hybridized carbons (Fsp3) is 0.154. The molecule has 0 saturated heterocycles. The van der Waals surface area contributed by atoms with Crippen LogP contribution in [0.4, 0.5) is 8.78 Å². The van der Waals surface area contributed by atoms with Gasteiger partial charge >= 0.3 is 0 Å². The van der Waals surface area contributed by atoms with Crippen LogP contribution in [0.25, 0.3) is 10.6 Å². The molecule has 1 aromatic heterocycles. The lowest BCUT2D eigenvalue weighted by atomic mass is 10.1. The topological polar surface area (TPSA) is 60.5 Å². The van der Waals surface area contributed by atoms with Gasteiger partial charge in [-0.05, 0) is 54.4 Å². The molecule has 1 N–H and O–H groups in total. The summed E-state index contributed by atoms with van der Waals surface area (Å²) in [6, 6.07) is 18.0. The first kappa shape index (κ1) is 23.4. The van der Waals surface area contributed by atoms with Gasteiger partial charge in [0.05, 0.1) is 12.7 Å². The monoisotopic (exact) mass is 480 g/mol. The van der Waals surface area contributed by atoms with E-state index in [-0.39, 0.29) is 18.1 Å². The van der Waals surface area contributed by atoms with Crippen LogP contribution in [0.1, 0.15) is 21.6 Å². The van der Waals surface area contributed by atoms with E-state index in [2.05, 4.69) is 10.3 Å². The average molecular weight is 481 g/mol. The molecule has 0 atom stereocenters. The molecule has 0 unspecified atom stereocenters. The van der Waals surface area contributed by atoms with Gasteiger partial charge in [0, 0.05) is 17.5 Å². The summed E-state index contributed by atoms with van der Waals surface area (Å²) in [4.78, 5) is 17.0. The number of rotatable bonds is 9. The number of para-hydroxylation sites is 1. The third-order valence-electron chi connectivity index (χ3n) is 5.10. The largest absolute Gasteiger partial charge is 0.497 e. The summed E-state index contributed by atoms with van der Waals surface area (Å²) in [5.74, 6) is -0.0890. The van der Waals surface area contributed by atoms with Crippen molar-refractivity contribution in [1.82, 2.24) is 10.3 Å². The van der Waals surface area contributed by atoms with Crippen molar-refractivity contribution in [3.05, 3.63) is 101 Å². The van der Waals surface area contributed by atoms with Crippen molar-refractivity contribution in [2.24, 2.45) is 0 Å². The number of thiazole rings is 1. The maximum Gasteiger partial charge on any atom is 0.270 e. The Hall–Kier alpha value is -3.78. The highest BCUT2D eigenvalue weighted by atomic mass is 32.1. The fourth-order valence-corrected chi connectivity index (χ4v) is 4.11. The number of nitrogens with zero attached hydrogens (tertiary/aromatic N) is 1. The van der Waals surface area contributed by atoms with Crippen LogP contribution in [0.2, 0.25) is 0 Å². The molecule has 0 aliphatic heterocycles. The smallest absolute Gasteiger partial charge is 0.270 e. The third-order valence-corrected chi connectivity index (χ3v) is 5.98. The second-order valence-corrected chi connectivity index (χ2v) is 8.27. The molecule has 3 aromatic carbocycles. The molecule has 1 heterocycles. The molecule has 5 nitrogen and oxygen atoms in total. The predicted octanol–water partition coefficient (Wildman–Crippen LogP) is 5.65. The van der Waals surface area contributed by atoms with Gasteiger partial charge in [-0.15, -0.1) is 11.3 Å². The lowest BCUT2D eigenvalue weighted by molar-refractivity contribution is 0.0950. The van der Waals surface area contributed by atoms with E-state index in [1.165, 1.54) is 11.3 Å². The summed E-state index contributed by atoms with van der Waals surface area (Å²) in [6.07, 6.45) is 0.681. The van der Waals surface area contributed by atoms with Gasteiger partial charge in [0.2, 0.25) is 0 Å². The SMILES string of the molecule is COc1ccc(CCNC(=O)c2csc(-c3ccccc3OCc3cc(F)ccc3F)n2)cc1. The average Bonchev–Trinajstić information content (AvgIpc) is 3.35. The van der Waals surface area contributed by atoms with E-state index < -0.39 is 11.6 Å². The van der Waals surface area contributed by atoms with Gasteiger partial charge in [-0.1, -0.05) is 24.3 Å². The molecule has 0 aliphatic rings. The fourth-order valence-electron chi connectivity index (χ4n) is 3.28. The number of aromatic nitrogens is 1. The second kappa shape index (κ2) is 10.9. The normalized spacial score (nSPS) is 10.7. The van der Waals surface area contributed by atoms with Crippen molar-refractivity contribution in [2.75, 3.05) is 13.7 Å². The number of amides is 1.